The fourth-order valence-electron chi connectivity index (χ4n) is 3.48. The number of benzene rings is 2. The Labute approximate surface area is 315 Å². The summed E-state index contributed by atoms with van der Waals surface area (Å²) in [7, 11) is -9.30. The standard InChI is InChI=1S/C30H43O13PS.K.H/c1-29(2,3)19-37-27(31)39-21-41-44(33,42-22-40-28(32)38-20-30(4,5)6)26(18-45(34,35)36)16-15-23-11-10-14-25(17-23)43-24-12-8-7-9-13-24;;/h7-14,17,26H,15-16,18-22H2,1-6H3,(H,34,35,36);;/q;+1;-1/t26-;;/m0../s1. The van der Waals surface area contributed by atoms with E-state index in [1.54, 1.807) is 36.4 Å². The van der Waals surface area contributed by atoms with Gasteiger partial charge in [0.25, 0.3) is 10.1 Å². The van der Waals surface area contributed by atoms with Gasteiger partial charge in [-0.1, -0.05) is 71.9 Å². The molecule has 0 unspecified atom stereocenters. The minimum Gasteiger partial charge on any atom is -1.00 e. The summed E-state index contributed by atoms with van der Waals surface area (Å²) >= 11 is 0. The van der Waals surface area contributed by atoms with Crippen molar-refractivity contribution >= 4 is 30.0 Å². The van der Waals surface area contributed by atoms with Gasteiger partial charge in [0.2, 0.25) is 13.6 Å². The van der Waals surface area contributed by atoms with Gasteiger partial charge in [0.1, 0.15) is 11.5 Å². The second-order valence-corrected chi connectivity index (χ2v) is 16.3. The van der Waals surface area contributed by atoms with Crippen LogP contribution in [-0.4, -0.2) is 63.5 Å². The van der Waals surface area contributed by atoms with Crippen molar-refractivity contribution in [3.05, 3.63) is 60.2 Å². The van der Waals surface area contributed by atoms with Crippen LogP contribution in [0.5, 0.6) is 11.5 Å². The first-order chi connectivity index (χ1) is 20.8. The zero-order chi connectivity index (χ0) is 33.7. The Morgan fingerprint density at radius 3 is 1.78 bits per heavy atom. The summed E-state index contributed by atoms with van der Waals surface area (Å²) in [5, 5.41) is 0. The zero-order valence-electron chi connectivity index (χ0n) is 28.4. The monoisotopic (exact) mass is 714 g/mol. The van der Waals surface area contributed by atoms with Gasteiger partial charge in [-0.25, -0.2) is 9.59 Å². The fraction of sp³-hybridized carbons (Fsp3) is 0.533. The molecule has 13 nitrogen and oxygen atoms in total. The third kappa shape index (κ3) is 18.7. The molecule has 2 rings (SSSR count). The van der Waals surface area contributed by atoms with Gasteiger partial charge in [-0.3, -0.25) is 18.2 Å². The molecule has 1 atom stereocenters. The van der Waals surface area contributed by atoms with E-state index in [1.807, 2.05) is 59.7 Å². The average molecular weight is 715 g/mol. The predicted molar refractivity (Wildman–Crippen MR) is 166 cm³/mol. The molecule has 1 N–H and O–H groups in total. The normalized spacial score (nSPS) is 12.8. The van der Waals surface area contributed by atoms with E-state index >= 15 is 0 Å². The van der Waals surface area contributed by atoms with Gasteiger partial charge in [-0.05, 0) is 53.5 Å². The topological polar surface area (TPSA) is 170 Å². The van der Waals surface area contributed by atoms with Crippen molar-refractivity contribution in [3.8, 4) is 11.5 Å². The van der Waals surface area contributed by atoms with E-state index in [4.69, 9.17) is 32.7 Å². The maximum absolute atomic E-state index is 14.0. The van der Waals surface area contributed by atoms with Crippen LogP contribution in [-0.2, 0) is 49.1 Å². The first-order valence-electron chi connectivity index (χ1n) is 14.1. The van der Waals surface area contributed by atoms with E-state index < -0.39 is 55.0 Å². The third-order valence-corrected chi connectivity index (χ3v) is 8.90. The first-order valence-corrected chi connectivity index (χ1v) is 17.3. The van der Waals surface area contributed by atoms with Crippen molar-refractivity contribution in [1.82, 2.24) is 0 Å². The molecule has 0 bridgehead atoms. The second-order valence-electron chi connectivity index (χ2n) is 12.5. The molecule has 46 heavy (non-hydrogen) atoms. The Morgan fingerprint density at radius 1 is 0.804 bits per heavy atom. The largest absolute Gasteiger partial charge is 1.00 e. The number of carbonyl (C=O) groups excluding carboxylic acids is 2. The smallest absolute Gasteiger partial charge is 1.00 e. The second kappa shape index (κ2) is 19.5. The average Bonchev–Trinajstić information content (AvgIpc) is 2.92. The van der Waals surface area contributed by atoms with Crippen LogP contribution in [0.25, 0.3) is 0 Å². The van der Waals surface area contributed by atoms with Crippen LogP contribution in [0.4, 0.5) is 9.59 Å². The van der Waals surface area contributed by atoms with Gasteiger partial charge >= 0.3 is 71.3 Å². The van der Waals surface area contributed by atoms with Crippen LogP contribution in [0.2, 0.25) is 0 Å². The van der Waals surface area contributed by atoms with Crippen LogP contribution in [0.3, 0.4) is 0 Å². The first kappa shape index (κ1) is 42.5. The van der Waals surface area contributed by atoms with E-state index in [0.29, 0.717) is 17.1 Å². The zero-order valence-corrected chi connectivity index (χ0v) is 32.3. The van der Waals surface area contributed by atoms with E-state index in [1.165, 1.54) is 0 Å². The molecule has 0 fully saturated rings. The molecule has 0 heterocycles. The van der Waals surface area contributed by atoms with Gasteiger partial charge in [0, 0.05) is 0 Å². The third-order valence-electron chi connectivity index (χ3n) is 5.56. The van der Waals surface area contributed by atoms with E-state index in [9.17, 15) is 27.1 Å². The van der Waals surface area contributed by atoms with Gasteiger partial charge < -0.3 is 25.1 Å². The summed E-state index contributed by atoms with van der Waals surface area (Å²) in [6.45, 7) is 9.11. The number of ether oxygens (including phenoxy) is 5. The molecule has 0 aliphatic heterocycles. The number of para-hydroxylation sites is 1. The van der Waals surface area contributed by atoms with Gasteiger partial charge in [0.15, 0.2) is 0 Å². The van der Waals surface area contributed by atoms with Crippen molar-refractivity contribution in [1.29, 1.82) is 0 Å². The number of rotatable bonds is 16. The van der Waals surface area contributed by atoms with E-state index in [0.717, 1.165) is 0 Å². The summed E-state index contributed by atoms with van der Waals surface area (Å²) in [6, 6.07) is 16.0. The summed E-state index contributed by atoms with van der Waals surface area (Å²) < 4.78 is 83.8. The number of aryl methyl sites for hydroxylation is 1. The molecule has 2 aromatic carbocycles. The molecule has 2 aromatic rings. The van der Waals surface area contributed by atoms with Crippen LogP contribution in [0.15, 0.2) is 54.6 Å². The molecule has 254 valence electrons. The van der Waals surface area contributed by atoms with Crippen molar-refractivity contribution in [3.63, 3.8) is 0 Å². The number of hydrogen-bond donors (Lipinski definition) is 1. The Hall–Kier alpha value is -1.52. The van der Waals surface area contributed by atoms with Crippen LogP contribution >= 0.6 is 7.60 Å². The molecule has 0 amide bonds. The summed E-state index contributed by atoms with van der Waals surface area (Å²) in [4.78, 5) is 24.0. The number of hydrogen-bond acceptors (Lipinski definition) is 12. The minimum absolute atomic E-state index is 0. The molecule has 0 radical (unpaired) electrons. The fourth-order valence-corrected chi connectivity index (χ4v) is 6.77. The molecule has 0 aliphatic rings. The maximum atomic E-state index is 14.0. The predicted octanol–water partition coefficient (Wildman–Crippen LogP) is 4.32. The Bertz CT molecular complexity index is 1360. The number of carbonyl (C=O) groups is 2. The van der Waals surface area contributed by atoms with E-state index in [-0.39, 0.29) is 89.7 Å². The SMILES string of the molecule is CC(C)(C)COC(=O)OCOP(=O)(OCOC(=O)OCC(C)(C)C)[C@@H](CCc1cccc(Oc2ccccc2)c1)CS(=O)(=O)O.[H-].[K+]. The van der Waals surface area contributed by atoms with E-state index in [2.05, 4.69) is 0 Å². The summed E-state index contributed by atoms with van der Waals surface area (Å²) in [6.07, 6.45) is -2.25. The molecule has 0 aromatic heterocycles. The minimum atomic E-state index is -4.71. The van der Waals surface area contributed by atoms with Crippen LogP contribution in [0, 0.1) is 10.8 Å². The molecule has 0 saturated heterocycles. The molecule has 0 aliphatic carbocycles. The van der Waals surface area contributed by atoms with Gasteiger partial charge in [-0.15, -0.1) is 0 Å². The molecular formula is C30H44KO13PS. The molecule has 0 saturated carbocycles. The molecular weight excluding hydrogens is 670 g/mol. The Balaban J connectivity index is 0.0000106. The summed E-state index contributed by atoms with van der Waals surface area (Å²) in [5.74, 6) is 0.0743. The van der Waals surface area contributed by atoms with Gasteiger partial charge in [-0.2, -0.15) is 8.42 Å². The van der Waals surface area contributed by atoms with Crippen molar-refractivity contribution in [2.24, 2.45) is 10.8 Å². The van der Waals surface area contributed by atoms with Crippen LogP contribution < -0.4 is 56.1 Å². The Kier molecular flexibility index (Phi) is 18.0. The quantitative estimate of drug-likeness (QED) is 0.0858. The van der Waals surface area contributed by atoms with Crippen molar-refractivity contribution in [2.45, 2.75) is 60.0 Å². The molecule has 0 spiro atoms. The maximum Gasteiger partial charge on any atom is 1.00 e. The van der Waals surface area contributed by atoms with Crippen LogP contribution in [0.1, 0.15) is 55.0 Å². The van der Waals surface area contributed by atoms with Crippen molar-refractivity contribution < 1.29 is 113 Å². The van der Waals surface area contributed by atoms with Crippen molar-refractivity contribution in [2.75, 3.05) is 32.6 Å². The van der Waals surface area contributed by atoms with Gasteiger partial charge in [0.05, 0.1) is 24.6 Å². The molecule has 16 heteroatoms. The summed E-state index contributed by atoms with van der Waals surface area (Å²) in [5.41, 5.74) is -1.52. The Morgan fingerprint density at radius 2 is 1.30 bits per heavy atom.